The van der Waals surface area contributed by atoms with Gasteiger partial charge in [-0.1, -0.05) is 24.3 Å². The fourth-order valence-corrected chi connectivity index (χ4v) is 6.08. The molecule has 0 saturated carbocycles. The van der Waals surface area contributed by atoms with E-state index in [1.165, 1.54) is 0 Å². The van der Waals surface area contributed by atoms with Crippen molar-refractivity contribution in [2.75, 3.05) is 0 Å². The van der Waals surface area contributed by atoms with Gasteiger partial charge in [0.25, 0.3) is 11.4 Å². The van der Waals surface area contributed by atoms with Crippen LogP contribution in [-0.2, 0) is 12.8 Å². The maximum atomic E-state index is 10.2. The molecule has 0 aliphatic heterocycles. The van der Waals surface area contributed by atoms with Gasteiger partial charge in [0.15, 0.2) is 11.6 Å². The quantitative estimate of drug-likeness (QED) is 0.293. The molecular weight excluding hydrogens is 520 g/mol. The first-order valence-corrected chi connectivity index (χ1v) is 13.0. The van der Waals surface area contributed by atoms with Crippen molar-refractivity contribution in [3.63, 3.8) is 0 Å². The highest BCUT2D eigenvalue weighted by atomic mass is 14.9. The highest BCUT2D eigenvalue weighted by Gasteiger charge is 2.32. The molecule has 2 heterocycles. The summed E-state index contributed by atoms with van der Waals surface area (Å²) in [7, 11) is 0. The van der Waals surface area contributed by atoms with E-state index in [4.69, 9.17) is 13.1 Å². The molecule has 0 N–H and O–H groups in total. The van der Waals surface area contributed by atoms with Crippen LogP contribution in [-0.4, -0.2) is 19.9 Å². The van der Waals surface area contributed by atoms with Crippen LogP contribution < -0.4 is 10.4 Å². The van der Waals surface area contributed by atoms with Gasteiger partial charge in [0.05, 0.1) is 25.3 Å². The Morgan fingerprint density at radius 2 is 1.05 bits per heavy atom. The molecule has 8 nitrogen and oxygen atoms in total. The molecule has 192 valence electrons. The van der Waals surface area contributed by atoms with Crippen molar-refractivity contribution >= 4 is 11.4 Å². The molecule has 0 unspecified atom stereocenters. The van der Waals surface area contributed by atoms with E-state index >= 15 is 0 Å². The van der Waals surface area contributed by atoms with Crippen LogP contribution in [0.2, 0.25) is 0 Å². The SMILES string of the molecule is [C-]#[N+]/C(C#N)=c1/c2c(/c(=C(\C#N)[N+]#[C-])c3c1-c1cc(-c4ncccn4)ccc1C3)-c1cc(-c3ncccn3)ccc1C2. The van der Waals surface area contributed by atoms with E-state index in [1.807, 2.05) is 36.4 Å². The monoisotopic (exact) mass is 536 g/mol. The van der Waals surface area contributed by atoms with Gasteiger partial charge in [-0.2, -0.15) is 0 Å². The molecule has 7 rings (SSSR count). The van der Waals surface area contributed by atoms with Crippen molar-refractivity contribution in [3.05, 3.63) is 129 Å². The molecule has 0 saturated heterocycles. The minimum atomic E-state index is -0.0241. The second kappa shape index (κ2) is 9.61. The lowest BCUT2D eigenvalue weighted by atomic mass is 9.90. The van der Waals surface area contributed by atoms with Gasteiger partial charge in [0, 0.05) is 46.4 Å². The second-order valence-corrected chi connectivity index (χ2v) is 9.84. The Morgan fingerprint density at radius 3 is 1.40 bits per heavy atom. The van der Waals surface area contributed by atoms with Gasteiger partial charge in [-0.05, 0) is 81.6 Å². The molecule has 0 fully saturated rings. The number of nitrogens with zero attached hydrogens (tertiary/aromatic N) is 8. The maximum absolute atomic E-state index is 10.2. The summed E-state index contributed by atoms with van der Waals surface area (Å²) in [6, 6.07) is 19.6. The van der Waals surface area contributed by atoms with E-state index in [-0.39, 0.29) is 11.4 Å². The van der Waals surface area contributed by atoms with E-state index in [0.29, 0.717) is 34.9 Å². The van der Waals surface area contributed by atoms with Crippen LogP contribution in [0.4, 0.5) is 0 Å². The predicted octanol–water partition coefficient (Wildman–Crippen LogP) is 4.85. The molecule has 8 heteroatoms. The third-order valence-electron chi connectivity index (χ3n) is 7.76. The Labute approximate surface area is 240 Å². The van der Waals surface area contributed by atoms with Crippen LogP contribution in [0.15, 0.2) is 73.3 Å². The van der Waals surface area contributed by atoms with E-state index in [9.17, 15) is 10.5 Å². The smallest absolute Gasteiger partial charge is 0.237 e. The fraction of sp³-hybridized carbons (Fsp3) is 0.0588. The van der Waals surface area contributed by atoms with Gasteiger partial charge in [-0.15, -0.1) is 0 Å². The van der Waals surface area contributed by atoms with Crippen LogP contribution in [0.5, 0.6) is 0 Å². The molecule has 0 amide bonds. The Hall–Kier alpha value is -6.48. The highest BCUT2D eigenvalue weighted by Crippen LogP contribution is 2.42. The maximum Gasteiger partial charge on any atom is 0.269 e. The van der Waals surface area contributed by atoms with Crippen molar-refractivity contribution in [1.29, 1.82) is 10.5 Å². The first kappa shape index (κ1) is 24.6. The van der Waals surface area contributed by atoms with Gasteiger partial charge in [-0.3, -0.25) is 0 Å². The highest BCUT2D eigenvalue weighted by molar-refractivity contribution is 5.94. The third-order valence-corrected chi connectivity index (χ3v) is 7.76. The van der Waals surface area contributed by atoms with E-state index < -0.39 is 0 Å². The zero-order valence-corrected chi connectivity index (χ0v) is 21.9. The normalized spacial score (nSPS) is 13.2. The zero-order valence-electron chi connectivity index (χ0n) is 21.9. The van der Waals surface area contributed by atoms with Crippen LogP contribution in [0.3, 0.4) is 0 Å². The molecule has 0 atom stereocenters. The Kier molecular flexibility index (Phi) is 5.62. The van der Waals surface area contributed by atoms with Gasteiger partial charge in [0.1, 0.15) is 0 Å². The second-order valence-electron chi connectivity index (χ2n) is 9.84. The minimum Gasteiger partial charge on any atom is -0.237 e. The van der Waals surface area contributed by atoms with Crippen molar-refractivity contribution in [3.8, 4) is 57.2 Å². The predicted molar refractivity (Wildman–Crippen MR) is 155 cm³/mol. The summed E-state index contributed by atoms with van der Waals surface area (Å²) < 4.78 is 0. The summed E-state index contributed by atoms with van der Waals surface area (Å²) in [5.41, 5.74) is 8.17. The molecule has 0 radical (unpaired) electrons. The lowest BCUT2D eigenvalue weighted by Crippen LogP contribution is -2.25. The summed E-state index contributed by atoms with van der Waals surface area (Å²) in [5.74, 6) is 1.11. The summed E-state index contributed by atoms with van der Waals surface area (Å²) in [4.78, 5) is 24.9. The fourth-order valence-electron chi connectivity index (χ4n) is 6.08. The average Bonchev–Trinajstić information content (AvgIpc) is 3.61. The summed E-state index contributed by atoms with van der Waals surface area (Å²) in [6.07, 6.45) is 7.61. The first-order chi connectivity index (χ1) is 20.7. The lowest BCUT2D eigenvalue weighted by Gasteiger charge is -2.14. The number of fused-ring (bicyclic) bond motifs is 6. The third kappa shape index (κ3) is 3.58. The van der Waals surface area contributed by atoms with Crippen LogP contribution >= 0.6 is 0 Å². The Bertz CT molecular complexity index is 2080. The zero-order chi connectivity index (χ0) is 28.8. The number of aromatic nitrogens is 4. The van der Waals surface area contributed by atoms with Gasteiger partial charge < -0.3 is 0 Å². The lowest BCUT2D eigenvalue weighted by molar-refractivity contribution is 1.17. The molecule has 3 aromatic carbocycles. The van der Waals surface area contributed by atoms with Gasteiger partial charge in [-0.25, -0.2) is 40.1 Å². The van der Waals surface area contributed by atoms with Gasteiger partial charge >= 0.3 is 0 Å². The number of nitriles is 2. The topological polar surface area (TPSA) is 108 Å². The summed E-state index contributed by atoms with van der Waals surface area (Å²) >= 11 is 0. The first-order valence-electron chi connectivity index (χ1n) is 13.0. The molecule has 42 heavy (non-hydrogen) atoms. The number of rotatable bonds is 2. The van der Waals surface area contributed by atoms with Crippen molar-refractivity contribution in [1.82, 2.24) is 19.9 Å². The van der Waals surface area contributed by atoms with Gasteiger partial charge in [0.2, 0.25) is 0 Å². The Morgan fingerprint density at radius 1 is 0.643 bits per heavy atom. The largest absolute Gasteiger partial charge is 0.269 e. The van der Waals surface area contributed by atoms with Crippen molar-refractivity contribution in [2.45, 2.75) is 12.8 Å². The molecule has 2 aliphatic carbocycles. The van der Waals surface area contributed by atoms with Crippen LogP contribution in [0.1, 0.15) is 22.3 Å². The van der Waals surface area contributed by atoms with E-state index in [1.54, 1.807) is 36.9 Å². The van der Waals surface area contributed by atoms with Crippen LogP contribution in [0.25, 0.3) is 66.1 Å². The molecule has 0 bridgehead atoms. The molecule has 0 spiro atoms. The number of hydrogen-bond donors (Lipinski definition) is 0. The van der Waals surface area contributed by atoms with E-state index in [2.05, 4.69) is 41.8 Å². The Balaban J connectivity index is 1.63. The van der Waals surface area contributed by atoms with Crippen molar-refractivity contribution < 1.29 is 0 Å². The molecule has 5 aromatic rings. The standard InChI is InChI=1S/C34H16N8/c1-37-27(17-35)31-25-13-19-5-7-22(34-41-11-4-12-42-34)16-24(19)30(25)32(28(18-36)38-2)26-14-20-6-8-21(15-23(20)29(26)31)33-39-9-3-10-40-33/h3-12,15-16H,13-14H2/b31-27-,32-28+. The summed E-state index contributed by atoms with van der Waals surface area (Å²) in [5, 5.41) is 21.4. The van der Waals surface area contributed by atoms with Crippen LogP contribution in [0, 0.1) is 35.8 Å². The molecule has 2 aromatic heterocycles. The van der Waals surface area contributed by atoms with E-state index in [0.717, 1.165) is 55.6 Å². The summed E-state index contributed by atoms with van der Waals surface area (Å²) in [6.45, 7) is 15.8. The molecular formula is C34H16N8. The number of hydrogen-bond acceptors (Lipinski definition) is 6. The molecule has 2 aliphatic rings. The average molecular weight is 537 g/mol. The number of benzene rings is 3. The minimum absolute atomic E-state index is 0.0241. The van der Waals surface area contributed by atoms with Crippen molar-refractivity contribution in [2.24, 2.45) is 0 Å².